The maximum Gasteiger partial charge on any atom is 0.0461 e. The fraction of sp³-hybridized carbons (Fsp3) is 0.137. The van der Waals surface area contributed by atoms with Gasteiger partial charge in [-0.2, -0.15) is 0 Å². The highest BCUT2D eigenvalue weighted by Gasteiger charge is 2.41. The van der Waals surface area contributed by atoms with Crippen LogP contribution in [0.2, 0.25) is 0 Å². The van der Waals surface area contributed by atoms with Crippen LogP contribution >= 0.6 is 0 Å². The van der Waals surface area contributed by atoms with E-state index in [9.17, 15) is 0 Å². The molecule has 0 aromatic heterocycles. The maximum absolute atomic E-state index is 4.36. The van der Waals surface area contributed by atoms with Crippen LogP contribution in [0.1, 0.15) is 56.9 Å². The van der Waals surface area contributed by atoms with Crippen LogP contribution < -0.4 is 4.90 Å². The summed E-state index contributed by atoms with van der Waals surface area (Å²) in [5, 5.41) is 0. The van der Waals surface area contributed by atoms with Crippen molar-refractivity contribution in [2.75, 3.05) is 4.90 Å². The second-order valence-electron chi connectivity index (χ2n) is 15.2. The second kappa shape index (κ2) is 12.4. The van der Waals surface area contributed by atoms with Gasteiger partial charge in [0.15, 0.2) is 0 Å². The number of hydrogen-bond donors (Lipinski definition) is 0. The van der Waals surface area contributed by atoms with Crippen LogP contribution in [0.4, 0.5) is 11.4 Å². The van der Waals surface area contributed by atoms with E-state index >= 15 is 0 Å². The standard InChI is InChI=1S/C51H45N/c1-9-33(3)52(38-27-23-36(24-28-38)35-17-12-11-13-18-35)39-29-25-37(26-30-39)41-31-32-43(49-48(41)40(10-2)34(4)50(49,5)6)42-20-16-22-46-47(42)44-19-14-15-21-45(44)51(46,7)8/h9-32H,1-3H2,4-8H3. The van der Waals surface area contributed by atoms with Crippen molar-refractivity contribution in [2.45, 2.75) is 45.4 Å². The lowest BCUT2D eigenvalue weighted by Gasteiger charge is -2.28. The number of rotatable bonds is 8. The predicted octanol–water partition coefficient (Wildman–Crippen LogP) is 14.1. The summed E-state index contributed by atoms with van der Waals surface area (Å²) in [5.74, 6) is 0. The molecule has 2 aliphatic carbocycles. The Hall–Kier alpha value is -5.92. The van der Waals surface area contributed by atoms with Crippen LogP contribution in [0.25, 0.3) is 50.1 Å². The van der Waals surface area contributed by atoms with E-state index in [1.165, 1.54) is 77.9 Å². The fourth-order valence-corrected chi connectivity index (χ4v) is 8.74. The van der Waals surface area contributed by atoms with Crippen LogP contribution in [0.3, 0.4) is 0 Å². The largest absolute Gasteiger partial charge is 0.311 e. The highest BCUT2D eigenvalue weighted by atomic mass is 15.1. The van der Waals surface area contributed by atoms with Crippen LogP contribution in [0.15, 0.2) is 177 Å². The molecule has 0 unspecified atom stereocenters. The molecule has 0 amide bonds. The van der Waals surface area contributed by atoms with Crippen molar-refractivity contribution in [3.63, 3.8) is 0 Å². The minimum atomic E-state index is -0.176. The molecule has 6 aromatic carbocycles. The van der Waals surface area contributed by atoms with Gasteiger partial charge in [-0.1, -0.05) is 168 Å². The number of fused-ring (bicyclic) bond motifs is 4. The molecule has 0 saturated carbocycles. The summed E-state index contributed by atoms with van der Waals surface area (Å²) in [6, 6.07) is 48.5. The molecular weight excluding hydrogens is 627 g/mol. The minimum absolute atomic E-state index is 0.0581. The smallest absolute Gasteiger partial charge is 0.0461 e. The summed E-state index contributed by atoms with van der Waals surface area (Å²) in [6.07, 6.45) is 3.88. The van der Waals surface area contributed by atoms with E-state index < -0.39 is 0 Å². The van der Waals surface area contributed by atoms with E-state index in [2.05, 4.69) is 193 Å². The molecule has 0 aliphatic heterocycles. The van der Waals surface area contributed by atoms with Gasteiger partial charge < -0.3 is 4.90 Å². The van der Waals surface area contributed by atoms with Crippen molar-refractivity contribution in [1.29, 1.82) is 0 Å². The highest BCUT2D eigenvalue weighted by molar-refractivity contribution is 6.01. The van der Waals surface area contributed by atoms with Gasteiger partial charge in [0.25, 0.3) is 0 Å². The third-order valence-corrected chi connectivity index (χ3v) is 11.7. The molecule has 254 valence electrons. The topological polar surface area (TPSA) is 3.24 Å². The van der Waals surface area contributed by atoms with E-state index in [0.29, 0.717) is 0 Å². The predicted molar refractivity (Wildman–Crippen MR) is 224 cm³/mol. The Kier molecular flexibility index (Phi) is 7.92. The summed E-state index contributed by atoms with van der Waals surface area (Å²) in [7, 11) is 0. The summed E-state index contributed by atoms with van der Waals surface area (Å²) >= 11 is 0. The van der Waals surface area contributed by atoms with Crippen LogP contribution in [-0.2, 0) is 10.8 Å². The first-order valence-electron chi connectivity index (χ1n) is 18.2. The van der Waals surface area contributed by atoms with Gasteiger partial charge in [-0.05, 0) is 110 Å². The molecule has 0 atom stereocenters. The number of nitrogens with zero attached hydrogens (tertiary/aromatic N) is 1. The highest BCUT2D eigenvalue weighted by Crippen LogP contribution is 2.57. The van der Waals surface area contributed by atoms with Gasteiger partial charge in [-0.25, -0.2) is 0 Å². The lowest BCUT2D eigenvalue weighted by molar-refractivity contribution is 0.641. The fourth-order valence-electron chi connectivity index (χ4n) is 8.74. The number of benzene rings is 6. The van der Waals surface area contributed by atoms with E-state index in [4.69, 9.17) is 0 Å². The van der Waals surface area contributed by atoms with Crippen molar-refractivity contribution >= 4 is 16.9 Å². The average molecular weight is 672 g/mol. The zero-order valence-corrected chi connectivity index (χ0v) is 30.9. The van der Waals surface area contributed by atoms with E-state index in [1.54, 1.807) is 0 Å². The summed E-state index contributed by atoms with van der Waals surface area (Å²) in [5.41, 5.74) is 20.8. The molecule has 2 aliphatic rings. The normalized spacial score (nSPS) is 14.7. The zero-order chi connectivity index (χ0) is 36.4. The molecule has 0 spiro atoms. The van der Waals surface area contributed by atoms with Crippen molar-refractivity contribution < 1.29 is 0 Å². The molecule has 0 heterocycles. The van der Waals surface area contributed by atoms with Gasteiger partial charge in [-0.15, -0.1) is 0 Å². The number of anilines is 2. The maximum atomic E-state index is 4.36. The molecule has 1 heteroatoms. The third-order valence-electron chi connectivity index (χ3n) is 11.7. The van der Waals surface area contributed by atoms with Crippen molar-refractivity contribution in [2.24, 2.45) is 0 Å². The SMILES string of the molecule is C=CC(=C)N(c1ccc(-c2ccccc2)cc1)c1ccc(-c2ccc(-c3cccc4c3-c3ccccc3C4(C)C)c3c2C(C=C)=C(C)C3(C)C)cc1. The Bertz CT molecular complexity index is 2430. The van der Waals surface area contributed by atoms with Crippen LogP contribution in [0.5, 0.6) is 0 Å². The molecule has 0 radical (unpaired) electrons. The monoisotopic (exact) mass is 671 g/mol. The Morgan fingerprint density at radius 3 is 1.73 bits per heavy atom. The number of hydrogen-bond acceptors (Lipinski definition) is 1. The zero-order valence-electron chi connectivity index (χ0n) is 30.9. The molecule has 52 heavy (non-hydrogen) atoms. The molecular formula is C51H45N. The minimum Gasteiger partial charge on any atom is -0.311 e. The summed E-state index contributed by atoms with van der Waals surface area (Å²) in [6.45, 7) is 24.5. The Morgan fingerprint density at radius 2 is 1.08 bits per heavy atom. The Balaban J connectivity index is 1.25. The van der Waals surface area contributed by atoms with Crippen LogP contribution in [-0.4, -0.2) is 0 Å². The molecule has 1 nitrogen and oxygen atoms in total. The number of allylic oxidation sites excluding steroid dienone is 4. The average Bonchev–Trinajstić information content (AvgIpc) is 3.54. The van der Waals surface area contributed by atoms with E-state index in [1.807, 2.05) is 12.1 Å². The molecule has 0 saturated heterocycles. The van der Waals surface area contributed by atoms with E-state index in [-0.39, 0.29) is 10.8 Å². The quantitative estimate of drug-likeness (QED) is 0.146. The summed E-state index contributed by atoms with van der Waals surface area (Å²) in [4.78, 5) is 2.16. The van der Waals surface area contributed by atoms with Crippen LogP contribution in [0, 0.1) is 0 Å². The van der Waals surface area contributed by atoms with Gasteiger partial charge in [0.05, 0.1) is 0 Å². The Morgan fingerprint density at radius 1 is 0.519 bits per heavy atom. The Labute approximate surface area is 309 Å². The van der Waals surface area contributed by atoms with Gasteiger partial charge in [0.1, 0.15) is 0 Å². The molecule has 0 fully saturated rings. The molecule has 8 rings (SSSR count). The van der Waals surface area contributed by atoms with Gasteiger partial charge in [-0.3, -0.25) is 0 Å². The summed E-state index contributed by atoms with van der Waals surface area (Å²) < 4.78 is 0. The van der Waals surface area contributed by atoms with Gasteiger partial charge >= 0.3 is 0 Å². The molecule has 6 aromatic rings. The van der Waals surface area contributed by atoms with Crippen molar-refractivity contribution in [3.8, 4) is 44.5 Å². The first kappa shape index (κ1) is 33.2. The van der Waals surface area contributed by atoms with Crippen molar-refractivity contribution in [3.05, 3.63) is 199 Å². The third kappa shape index (κ3) is 4.99. The lowest BCUT2D eigenvalue weighted by Crippen LogP contribution is -2.17. The molecule has 0 bridgehead atoms. The first-order valence-corrected chi connectivity index (χ1v) is 18.2. The lowest BCUT2D eigenvalue weighted by atomic mass is 9.75. The van der Waals surface area contributed by atoms with E-state index in [0.717, 1.165) is 17.1 Å². The van der Waals surface area contributed by atoms with Gasteiger partial charge in [0.2, 0.25) is 0 Å². The molecule has 0 N–H and O–H groups in total. The first-order chi connectivity index (χ1) is 25.1. The van der Waals surface area contributed by atoms with Crippen molar-refractivity contribution in [1.82, 2.24) is 0 Å². The second-order valence-corrected chi connectivity index (χ2v) is 15.2. The van der Waals surface area contributed by atoms with Gasteiger partial charge in [0, 0.05) is 27.9 Å².